The minimum atomic E-state index is 0.0977. The average Bonchev–Trinajstić information content (AvgIpc) is 3.27. The summed E-state index contributed by atoms with van der Waals surface area (Å²) in [5.74, 6) is 1.49. The minimum Gasteiger partial charge on any atom is -0.497 e. The Kier molecular flexibility index (Phi) is 5.34. The molecule has 0 bridgehead atoms. The summed E-state index contributed by atoms with van der Waals surface area (Å²) in [6, 6.07) is 12.1. The van der Waals surface area contributed by atoms with Gasteiger partial charge in [0, 0.05) is 4.88 Å². The lowest BCUT2D eigenvalue weighted by Gasteiger charge is -2.24. The molecule has 4 heteroatoms. The van der Waals surface area contributed by atoms with Crippen LogP contribution in [0.25, 0.3) is 0 Å². The molecule has 1 amide bonds. The number of ether oxygens (including phenoxy) is 1. The van der Waals surface area contributed by atoms with E-state index in [1.165, 1.54) is 30.6 Å². The lowest BCUT2D eigenvalue weighted by Crippen LogP contribution is -2.33. The normalized spacial score (nSPS) is 16.2. The molecule has 1 atom stereocenters. The second kappa shape index (κ2) is 7.64. The molecule has 1 aromatic heterocycles. The molecule has 3 rings (SSSR count). The van der Waals surface area contributed by atoms with E-state index in [0.717, 1.165) is 11.3 Å². The molecule has 0 aliphatic heterocycles. The molecular formula is C19H23NO2S. The fraction of sp³-hybridized carbons (Fsp3) is 0.421. The number of carbonyl (C=O) groups excluding carboxylic acids is 1. The first-order valence-electron chi connectivity index (χ1n) is 8.22. The van der Waals surface area contributed by atoms with Crippen molar-refractivity contribution >= 4 is 17.2 Å². The third kappa shape index (κ3) is 4.14. The summed E-state index contributed by atoms with van der Waals surface area (Å²) < 4.78 is 5.16. The molecule has 2 aromatic rings. The summed E-state index contributed by atoms with van der Waals surface area (Å²) in [6.07, 6.45) is 5.40. The van der Waals surface area contributed by atoms with Crippen molar-refractivity contribution in [1.82, 2.24) is 5.32 Å². The van der Waals surface area contributed by atoms with E-state index in [2.05, 4.69) is 22.8 Å². The van der Waals surface area contributed by atoms with Gasteiger partial charge in [0.25, 0.3) is 0 Å². The lowest BCUT2D eigenvalue weighted by molar-refractivity contribution is -0.121. The van der Waals surface area contributed by atoms with Crippen molar-refractivity contribution in [3.05, 3.63) is 52.2 Å². The SMILES string of the molecule is COc1ccc(CC(=O)N[C@@H](c2cccs2)C2CCCC2)cc1. The molecule has 0 unspecified atom stereocenters. The minimum absolute atomic E-state index is 0.0977. The first-order valence-corrected chi connectivity index (χ1v) is 9.10. The summed E-state index contributed by atoms with van der Waals surface area (Å²) in [5, 5.41) is 5.37. The number of carbonyl (C=O) groups is 1. The van der Waals surface area contributed by atoms with Crippen LogP contribution in [-0.2, 0) is 11.2 Å². The van der Waals surface area contributed by atoms with Crippen LogP contribution < -0.4 is 10.1 Å². The van der Waals surface area contributed by atoms with E-state index in [-0.39, 0.29) is 11.9 Å². The maximum absolute atomic E-state index is 12.5. The largest absolute Gasteiger partial charge is 0.497 e. The number of hydrogen-bond acceptors (Lipinski definition) is 3. The van der Waals surface area contributed by atoms with E-state index in [9.17, 15) is 4.79 Å². The van der Waals surface area contributed by atoms with Gasteiger partial charge in [-0.05, 0) is 47.9 Å². The molecule has 1 aliphatic carbocycles. The van der Waals surface area contributed by atoms with Crippen LogP contribution in [0.2, 0.25) is 0 Å². The van der Waals surface area contributed by atoms with E-state index in [1.807, 2.05) is 24.3 Å². The maximum Gasteiger partial charge on any atom is 0.224 e. The number of benzene rings is 1. The predicted octanol–water partition coefficient (Wildman–Crippen LogP) is 4.35. The smallest absolute Gasteiger partial charge is 0.224 e. The fourth-order valence-corrected chi connectivity index (χ4v) is 4.20. The quantitative estimate of drug-likeness (QED) is 0.856. The van der Waals surface area contributed by atoms with Gasteiger partial charge in [-0.3, -0.25) is 4.79 Å². The number of amides is 1. The number of rotatable bonds is 6. The van der Waals surface area contributed by atoms with Gasteiger partial charge < -0.3 is 10.1 Å². The summed E-state index contributed by atoms with van der Waals surface area (Å²) in [6.45, 7) is 0. The Hall–Kier alpha value is -1.81. The highest BCUT2D eigenvalue weighted by Crippen LogP contribution is 2.37. The second-order valence-electron chi connectivity index (χ2n) is 6.13. The Morgan fingerprint density at radius 3 is 2.61 bits per heavy atom. The van der Waals surface area contributed by atoms with Crippen LogP contribution in [0.5, 0.6) is 5.75 Å². The standard InChI is InChI=1S/C19H23NO2S/c1-22-16-10-8-14(9-11-16)13-18(21)20-19(15-5-2-3-6-15)17-7-4-12-23-17/h4,7-12,15,19H,2-3,5-6,13H2,1H3,(H,20,21)/t19-/m1/s1. The Balaban J connectivity index is 1.65. The van der Waals surface area contributed by atoms with E-state index >= 15 is 0 Å². The van der Waals surface area contributed by atoms with E-state index in [0.29, 0.717) is 12.3 Å². The van der Waals surface area contributed by atoms with Crippen molar-refractivity contribution in [2.75, 3.05) is 7.11 Å². The van der Waals surface area contributed by atoms with Crippen LogP contribution in [0.1, 0.15) is 42.2 Å². The first kappa shape index (κ1) is 16.1. The molecule has 1 heterocycles. The molecule has 0 saturated heterocycles. The van der Waals surface area contributed by atoms with Crippen molar-refractivity contribution in [2.45, 2.75) is 38.1 Å². The van der Waals surface area contributed by atoms with Gasteiger partial charge in [0.1, 0.15) is 5.75 Å². The Labute approximate surface area is 141 Å². The zero-order chi connectivity index (χ0) is 16.1. The fourth-order valence-electron chi connectivity index (χ4n) is 3.33. The molecule has 23 heavy (non-hydrogen) atoms. The van der Waals surface area contributed by atoms with Gasteiger partial charge in [-0.25, -0.2) is 0 Å². The topological polar surface area (TPSA) is 38.3 Å². The molecule has 1 aliphatic rings. The highest BCUT2D eigenvalue weighted by Gasteiger charge is 2.28. The van der Waals surface area contributed by atoms with Gasteiger partial charge in [0.2, 0.25) is 5.91 Å². The van der Waals surface area contributed by atoms with Crippen molar-refractivity contribution in [3.63, 3.8) is 0 Å². The van der Waals surface area contributed by atoms with Crippen LogP contribution in [0.15, 0.2) is 41.8 Å². The van der Waals surface area contributed by atoms with E-state index < -0.39 is 0 Å². The van der Waals surface area contributed by atoms with E-state index in [4.69, 9.17) is 4.74 Å². The summed E-state index contributed by atoms with van der Waals surface area (Å²) in [4.78, 5) is 13.8. The Morgan fingerprint density at radius 1 is 1.26 bits per heavy atom. The van der Waals surface area contributed by atoms with Gasteiger partial charge in [-0.1, -0.05) is 31.0 Å². The van der Waals surface area contributed by atoms with Crippen LogP contribution >= 0.6 is 11.3 Å². The van der Waals surface area contributed by atoms with Crippen LogP contribution in [0.4, 0.5) is 0 Å². The zero-order valence-corrected chi connectivity index (χ0v) is 14.3. The van der Waals surface area contributed by atoms with Gasteiger partial charge in [0.15, 0.2) is 0 Å². The van der Waals surface area contributed by atoms with Crippen LogP contribution in [-0.4, -0.2) is 13.0 Å². The third-order valence-electron chi connectivity index (χ3n) is 4.56. The molecule has 1 fully saturated rings. The highest BCUT2D eigenvalue weighted by atomic mass is 32.1. The van der Waals surface area contributed by atoms with E-state index in [1.54, 1.807) is 18.4 Å². The molecular weight excluding hydrogens is 306 g/mol. The number of thiophene rings is 1. The Morgan fingerprint density at radius 2 is 2.00 bits per heavy atom. The van der Waals surface area contributed by atoms with Crippen LogP contribution in [0, 0.1) is 5.92 Å². The molecule has 1 N–H and O–H groups in total. The molecule has 3 nitrogen and oxygen atoms in total. The third-order valence-corrected chi connectivity index (χ3v) is 5.52. The number of hydrogen-bond donors (Lipinski definition) is 1. The Bertz CT molecular complexity index is 615. The van der Waals surface area contributed by atoms with Crippen molar-refractivity contribution in [3.8, 4) is 5.75 Å². The van der Waals surface area contributed by atoms with Crippen molar-refractivity contribution < 1.29 is 9.53 Å². The predicted molar refractivity (Wildman–Crippen MR) is 93.9 cm³/mol. The molecule has 0 radical (unpaired) electrons. The van der Waals surface area contributed by atoms with Crippen LogP contribution in [0.3, 0.4) is 0 Å². The number of methoxy groups -OCH3 is 1. The average molecular weight is 329 g/mol. The van der Waals surface area contributed by atoms with Gasteiger partial charge >= 0.3 is 0 Å². The van der Waals surface area contributed by atoms with Gasteiger partial charge in [-0.2, -0.15) is 0 Å². The summed E-state index contributed by atoms with van der Waals surface area (Å²) in [7, 11) is 1.65. The highest BCUT2D eigenvalue weighted by molar-refractivity contribution is 7.10. The molecule has 122 valence electrons. The lowest BCUT2D eigenvalue weighted by atomic mass is 9.96. The monoisotopic (exact) mass is 329 g/mol. The van der Waals surface area contributed by atoms with Gasteiger partial charge in [-0.15, -0.1) is 11.3 Å². The first-order chi connectivity index (χ1) is 11.3. The molecule has 1 saturated carbocycles. The van der Waals surface area contributed by atoms with Gasteiger partial charge in [0.05, 0.1) is 19.6 Å². The van der Waals surface area contributed by atoms with Crippen molar-refractivity contribution in [1.29, 1.82) is 0 Å². The molecule has 1 aromatic carbocycles. The second-order valence-corrected chi connectivity index (χ2v) is 7.11. The number of nitrogens with one attached hydrogen (secondary N) is 1. The van der Waals surface area contributed by atoms with Crippen molar-refractivity contribution in [2.24, 2.45) is 5.92 Å². The molecule has 0 spiro atoms. The maximum atomic E-state index is 12.5. The zero-order valence-electron chi connectivity index (χ0n) is 13.5. The summed E-state index contributed by atoms with van der Waals surface area (Å²) >= 11 is 1.74. The summed E-state index contributed by atoms with van der Waals surface area (Å²) in [5.41, 5.74) is 1.01.